The lowest BCUT2D eigenvalue weighted by atomic mass is 10.0. The van der Waals surface area contributed by atoms with Gasteiger partial charge in [-0.05, 0) is 37.5 Å². The van der Waals surface area contributed by atoms with Crippen LogP contribution in [-0.4, -0.2) is 40.2 Å². The van der Waals surface area contributed by atoms with Gasteiger partial charge in [0.1, 0.15) is 17.9 Å². The van der Waals surface area contributed by atoms with Crippen LogP contribution in [0, 0.1) is 5.82 Å². The lowest BCUT2D eigenvalue weighted by molar-refractivity contribution is -0.159. The highest BCUT2D eigenvalue weighted by atomic mass is 35.5. The molecular weight excluding hydrogens is 295 g/mol. The van der Waals surface area contributed by atoms with Crippen molar-refractivity contribution < 1.29 is 14.0 Å². The minimum atomic E-state index is -0.514. The van der Waals surface area contributed by atoms with Crippen LogP contribution >= 0.6 is 11.6 Å². The molecule has 1 aromatic rings. The van der Waals surface area contributed by atoms with E-state index in [0.717, 1.165) is 6.42 Å². The van der Waals surface area contributed by atoms with Gasteiger partial charge in [-0.2, -0.15) is 0 Å². The lowest BCUT2D eigenvalue weighted by Crippen LogP contribution is -2.61. The average Bonchev–Trinajstić information content (AvgIpc) is 2.95. The van der Waals surface area contributed by atoms with Crippen molar-refractivity contribution in [2.75, 3.05) is 6.54 Å². The quantitative estimate of drug-likeness (QED) is 0.840. The van der Waals surface area contributed by atoms with Crippen LogP contribution in [0.1, 0.15) is 25.3 Å². The van der Waals surface area contributed by atoms with E-state index in [9.17, 15) is 14.0 Å². The fourth-order valence-corrected chi connectivity index (χ4v) is 3.21. The summed E-state index contributed by atoms with van der Waals surface area (Å²) in [5, 5.41) is 0.0508. The van der Waals surface area contributed by atoms with E-state index in [-0.39, 0.29) is 29.4 Å². The highest BCUT2D eigenvalue weighted by Crippen LogP contribution is 2.28. The maximum Gasteiger partial charge on any atom is 0.246 e. The Morgan fingerprint density at radius 2 is 2.10 bits per heavy atom. The third-order valence-corrected chi connectivity index (χ3v) is 4.57. The van der Waals surface area contributed by atoms with Crippen LogP contribution < -0.4 is 0 Å². The Morgan fingerprint density at radius 3 is 2.81 bits per heavy atom. The molecule has 2 amide bonds. The molecule has 6 heteroatoms. The van der Waals surface area contributed by atoms with Crippen LogP contribution in [0.5, 0.6) is 0 Å². The second-order valence-electron chi connectivity index (χ2n) is 5.58. The number of rotatable bonds is 2. The van der Waals surface area contributed by atoms with Crippen molar-refractivity contribution in [1.29, 1.82) is 0 Å². The molecule has 0 unspecified atom stereocenters. The van der Waals surface area contributed by atoms with Gasteiger partial charge in [0, 0.05) is 13.1 Å². The van der Waals surface area contributed by atoms with Crippen molar-refractivity contribution in [3.63, 3.8) is 0 Å². The molecule has 2 aliphatic rings. The molecular formula is C15H16ClFN2O2. The molecule has 0 aromatic heterocycles. The van der Waals surface area contributed by atoms with E-state index < -0.39 is 11.9 Å². The third-order valence-electron chi connectivity index (χ3n) is 4.27. The minimum absolute atomic E-state index is 0.0217. The van der Waals surface area contributed by atoms with Gasteiger partial charge in [0.05, 0.1) is 5.02 Å². The molecule has 0 saturated carbocycles. The number of halogens is 2. The number of carbonyl (C=O) groups is 2. The van der Waals surface area contributed by atoms with Gasteiger partial charge >= 0.3 is 0 Å². The predicted molar refractivity (Wildman–Crippen MR) is 76.2 cm³/mol. The number of hydrogen-bond acceptors (Lipinski definition) is 2. The van der Waals surface area contributed by atoms with Crippen molar-refractivity contribution in [2.24, 2.45) is 0 Å². The van der Waals surface area contributed by atoms with Crippen LogP contribution in [0.3, 0.4) is 0 Å². The molecule has 0 aliphatic carbocycles. The number of amides is 2. The van der Waals surface area contributed by atoms with Gasteiger partial charge in [0.2, 0.25) is 11.8 Å². The largest absolute Gasteiger partial charge is 0.329 e. The molecule has 2 fully saturated rings. The smallest absolute Gasteiger partial charge is 0.246 e. The van der Waals surface area contributed by atoms with E-state index in [2.05, 4.69) is 0 Å². The molecule has 3 rings (SSSR count). The second kappa shape index (κ2) is 5.30. The summed E-state index contributed by atoms with van der Waals surface area (Å²) in [6, 6.07) is 3.61. The van der Waals surface area contributed by atoms with Crippen molar-refractivity contribution >= 4 is 23.4 Å². The number of fused-ring (bicyclic) bond motifs is 1. The zero-order valence-corrected chi connectivity index (χ0v) is 12.4. The highest BCUT2D eigenvalue weighted by Gasteiger charge is 2.45. The summed E-state index contributed by atoms with van der Waals surface area (Å²) in [5.41, 5.74) is 0.636. The van der Waals surface area contributed by atoms with E-state index in [1.165, 1.54) is 17.0 Å². The van der Waals surface area contributed by atoms with Crippen LogP contribution in [0.4, 0.5) is 4.39 Å². The van der Waals surface area contributed by atoms with Crippen molar-refractivity contribution in [2.45, 2.75) is 38.4 Å². The Hall–Kier alpha value is -1.62. The number of piperazine rings is 1. The summed E-state index contributed by atoms with van der Waals surface area (Å²) >= 11 is 5.66. The highest BCUT2D eigenvalue weighted by molar-refractivity contribution is 6.30. The maximum atomic E-state index is 13.5. The molecule has 0 bridgehead atoms. The fraction of sp³-hybridized carbons (Fsp3) is 0.467. The molecule has 0 radical (unpaired) electrons. The SMILES string of the molecule is C[C@H]1C(=O)N2CCC[C@@H]2C(=O)N1Cc1ccc(Cl)c(F)c1. The number of carbonyl (C=O) groups excluding carboxylic acids is 2. The first kappa shape index (κ1) is 14.3. The van der Waals surface area contributed by atoms with E-state index in [1.54, 1.807) is 17.9 Å². The van der Waals surface area contributed by atoms with Crippen LogP contribution in [0.15, 0.2) is 18.2 Å². The number of benzene rings is 1. The van der Waals surface area contributed by atoms with E-state index >= 15 is 0 Å². The minimum Gasteiger partial charge on any atom is -0.329 e. The summed E-state index contributed by atoms with van der Waals surface area (Å²) in [5.74, 6) is -0.582. The fourth-order valence-electron chi connectivity index (χ4n) is 3.09. The standard InChI is InChI=1S/C15H16ClFN2O2/c1-9-14(20)18-6-2-3-13(18)15(21)19(9)8-10-4-5-11(16)12(17)7-10/h4-5,7,9,13H,2-3,6,8H2,1H3/t9-,13+/m0/s1. The summed E-state index contributed by atoms with van der Waals surface area (Å²) < 4.78 is 13.5. The molecule has 0 N–H and O–H groups in total. The molecule has 1 aromatic carbocycles. The Morgan fingerprint density at radius 1 is 1.33 bits per heavy atom. The van der Waals surface area contributed by atoms with Crippen LogP contribution in [0.25, 0.3) is 0 Å². The third kappa shape index (κ3) is 2.39. The van der Waals surface area contributed by atoms with Gasteiger partial charge in [-0.15, -0.1) is 0 Å². The topological polar surface area (TPSA) is 40.6 Å². The van der Waals surface area contributed by atoms with Crippen molar-refractivity contribution in [1.82, 2.24) is 9.80 Å². The molecule has 2 atom stereocenters. The first-order chi connectivity index (χ1) is 9.99. The Balaban J connectivity index is 1.85. The van der Waals surface area contributed by atoms with E-state index in [1.807, 2.05) is 0 Å². The predicted octanol–water partition coefficient (Wildman–Crippen LogP) is 2.20. The molecule has 2 saturated heterocycles. The monoisotopic (exact) mass is 310 g/mol. The lowest BCUT2D eigenvalue weighted by Gasteiger charge is -2.41. The van der Waals surface area contributed by atoms with Gasteiger partial charge < -0.3 is 9.80 Å². The van der Waals surface area contributed by atoms with Crippen molar-refractivity contribution in [3.8, 4) is 0 Å². The van der Waals surface area contributed by atoms with E-state index in [4.69, 9.17) is 11.6 Å². The first-order valence-electron chi connectivity index (χ1n) is 7.04. The van der Waals surface area contributed by atoms with Gasteiger partial charge in [-0.25, -0.2) is 4.39 Å². The van der Waals surface area contributed by atoms with Gasteiger partial charge in [-0.3, -0.25) is 9.59 Å². The zero-order chi connectivity index (χ0) is 15.1. The summed E-state index contributed by atoms with van der Waals surface area (Å²) in [4.78, 5) is 28.1. The zero-order valence-electron chi connectivity index (χ0n) is 11.7. The van der Waals surface area contributed by atoms with E-state index in [0.29, 0.717) is 18.5 Å². The normalized spacial score (nSPS) is 25.5. The molecule has 4 nitrogen and oxygen atoms in total. The summed E-state index contributed by atoms with van der Waals surface area (Å²) in [7, 11) is 0. The van der Waals surface area contributed by atoms with Gasteiger partial charge in [0.25, 0.3) is 0 Å². The van der Waals surface area contributed by atoms with Crippen LogP contribution in [-0.2, 0) is 16.1 Å². The second-order valence-corrected chi connectivity index (χ2v) is 5.99. The molecule has 2 heterocycles. The first-order valence-corrected chi connectivity index (χ1v) is 7.41. The Labute approximate surface area is 127 Å². The van der Waals surface area contributed by atoms with Crippen molar-refractivity contribution in [3.05, 3.63) is 34.6 Å². The molecule has 21 heavy (non-hydrogen) atoms. The molecule has 112 valence electrons. The van der Waals surface area contributed by atoms with Crippen LogP contribution in [0.2, 0.25) is 5.02 Å². The Kier molecular flexibility index (Phi) is 3.61. The van der Waals surface area contributed by atoms with Gasteiger partial charge in [-0.1, -0.05) is 17.7 Å². The summed E-state index contributed by atoms with van der Waals surface area (Å²) in [6.45, 7) is 2.61. The number of nitrogens with zero attached hydrogens (tertiary/aromatic N) is 2. The van der Waals surface area contributed by atoms with Gasteiger partial charge in [0.15, 0.2) is 0 Å². The molecule has 0 spiro atoms. The maximum absolute atomic E-state index is 13.5. The molecule has 2 aliphatic heterocycles. The Bertz CT molecular complexity index is 607. The average molecular weight is 311 g/mol. The number of hydrogen-bond donors (Lipinski definition) is 0. The summed E-state index contributed by atoms with van der Waals surface area (Å²) in [6.07, 6.45) is 1.57.